The molecule has 2 aromatic rings. The predicted octanol–water partition coefficient (Wildman–Crippen LogP) is 3.93. The Morgan fingerprint density at radius 2 is 2.00 bits per heavy atom. The van der Waals surface area contributed by atoms with E-state index < -0.39 is 4.92 Å². The number of nitro benzene ring substituents is 1. The summed E-state index contributed by atoms with van der Waals surface area (Å²) in [7, 11) is 0. The fourth-order valence-corrected chi connectivity index (χ4v) is 2.04. The molecular formula is C12H14N2O2S. The maximum atomic E-state index is 10.5. The van der Waals surface area contributed by atoms with Crippen LogP contribution in [0.3, 0.4) is 0 Å². The Bertz CT molecular complexity index is 495. The lowest BCUT2D eigenvalue weighted by atomic mass is 10.1. The number of thiophene rings is 1. The molecule has 1 aromatic carbocycles. The maximum Gasteiger partial charge on any atom is 0.292 e. The van der Waals surface area contributed by atoms with Crippen LogP contribution in [-0.4, -0.2) is 4.92 Å². The van der Waals surface area contributed by atoms with Gasteiger partial charge in [0.05, 0.1) is 4.92 Å². The lowest BCUT2D eigenvalue weighted by Gasteiger charge is -2.00. The monoisotopic (exact) mass is 250 g/mol. The van der Waals surface area contributed by atoms with Gasteiger partial charge in [-0.2, -0.15) is 0 Å². The molecule has 0 radical (unpaired) electrons. The number of nitro groups is 1. The summed E-state index contributed by atoms with van der Waals surface area (Å²) in [5.74, 6) is 0. The van der Waals surface area contributed by atoms with Gasteiger partial charge >= 0.3 is 0 Å². The van der Waals surface area contributed by atoms with Crippen LogP contribution >= 0.6 is 11.3 Å². The van der Waals surface area contributed by atoms with E-state index in [2.05, 4.69) is 0 Å². The van der Waals surface area contributed by atoms with E-state index in [1.807, 2.05) is 31.4 Å². The molecule has 0 aliphatic heterocycles. The van der Waals surface area contributed by atoms with Crippen molar-refractivity contribution in [2.75, 3.05) is 5.73 Å². The zero-order valence-corrected chi connectivity index (χ0v) is 10.5. The number of anilines is 1. The molecule has 90 valence electrons. The summed E-state index contributed by atoms with van der Waals surface area (Å²) < 4.78 is 0. The van der Waals surface area contributed by atoms with Crippen molar-refractivity contribution in [1.82, 2.24) is 0 Å². The number of benzene rings is 1. The molecule has 0 bridgehead atoms. The van der Waals surface area contributed by atoms with Crippen molar-refractivity contribution >= 4 is 22.7 Å². The van der Waals surface area contributed by atoms with Gasteiger partial charge in [0.2, 0.25) is 0 Å². The molecule has 17 heavy (non-hydrogen) atoms. The van der Waals surface area contributed by atoms with E-state index in [-0.39, 0.29) is 11.4 Å². The van der Waals surface area contributed by atoms with Gasteiger partial charge in [0.25, 0.3) is 5.69 Å². The van der Waals surface area contributed by atoms with E-state index >= 15 is 0 Å². The van der Waals surface area contributed by atoms with Crippen LogP contribution < -0.4 is 5.73 Å². The van der Waals surface area contributed by atoms with Crippen LogP contribution in [0.4, 0.5) is 11.4 Å². The molecule has 1 aromatic heterocycles. The van der Waals surface area contributed by atoms with Gasteiger partial charge in [-0.05, 0) is 29.1 Å². The highest BCUT2D eigenvalue weighted by molar-refractivity contribution is 7.13. The zero-order valence-electron chi connectivity index (χ0n) is 9.71. The molecular weight excluding hydrogens is 236 g/mol. The molecule has 0 amide bonds. The molecule has 0 spiro atoms. The zero-order chi connectivity index (χ0) is 12.8. The second kappa shape index (κ2) is 6.00. The summed E-state index contributed by atoms with van der Waals surface area (Å²) in [4.78, 5) is 11.1. The Morgan fingerprint density at radius 3 is 2.47 bits per heavy atom. The minimum Gasteiger partial charge on any atom is -0.393 e. The highest BCUT2D eigenvalue weighted by atomic mass is 32.1. The Morgan fingerprint density at radius 1 is 1.29 bits per heavy atom. The lowest BCUT2D eigenvalue weighted by Crippen LogP contribution is -1.95. The van der Waals surface area contributed by atoms with Crippen molar-refractivity contribution in [3.05, 3.63) is 45.8 Å². The van der Waals surface area contributed by atoms with E-state index in [1.54, 1.807) is 23.5 Å². The first-order valence-corrected chi connectivity index (χ1v) is 6.14. The van der Waals surface area contributed by atoms with Gasteiger partial charge in [-0.15, -0.1) is 11.3 Å². The Kier molecular flexibility index (Phi) is 4.66. The molecule has 0 fully saturated rings. The maximum absolute atomic E-state index is 10.5. The van der Waals surface area contributed by atoms with Crippen molar-refractivity contribution in [2.24, 2.45) is 0 Å². The van der Waals surface area contributed by atoms with E-state index in [4.69, 9.17) is 5.73 Å². The van der Waals surface area contributed by atoms with Crippen LogP contribution in [0.15, 0.2) is 35.7 Å². The quantitative estimate of drug-likeness (QED) is 0.498. The molecule has 1 heterocycles. The normalized spacial score (nSPS) is 9.29. The molecule has 2 rings (SSSR count). The summed E-state index contributed by atoms with van der Waals surface area (Å²) in [6.45, 7) is 4.00. The smallest absolute Gasteiger partial charge is 0.292 e. The van der Waals surface area contributed by atoms with Gasteiger partial charge in [-0.25, -0.2) is 0 Å². The summed E-state index contributed by atoms with van der Waals surface area (Å²) in [5.41, 5.74) is 6.66. The molecule has 0 saturated heterocycles. The van der Waals surface area contributed by atoms with Gasteiger partial charge in [0.1, 0.15) is 5.69 Å². The van der Waals surface area contributed by atoms with Gasteiger partial charge in [-0.1, -0.05) is 19.9 Å². The molecule has 0 aliphatic rings. The van der Waals surface area contributed by atoms with Crippen molar-refractivity contribution < 1.29 is 4.92 Å². The topological polar surface area (TPSA) is 69.2 Å². The Labute approximate surface area is 104 Å². The first kappa shape index (κ1) is 13.2. The Balaban J connectivity index is 0.000000686. The van der Waals surface area contributed by atoms with E-state index in [1.165, 1.54) is 6.07 Å². The molecule has 4 nitrogen and oxygen atoms in total. The molecule has 2 N–H and O–H groups in total. The van der Waals surface area contributed by atoms with Crippen LogP contribution in [0, 0.1) is 10.1 Å². The van der Waals surface area contributed by atoms with E-state index in [9.17, 15) is 10.1 Å². The predicted molar refractivity (Wildman–Crippen MR) is 72.2 cm³/mol. The van der Waals surface area contributed by atoms with Crippen molar-refractivity contribution in [3.63, 3.8) is 0 Å². The minimum absolute atomic E-state index is 0.0460. The molecule has 0 saturated carbocycles. The molecule has 5 heteroatoms. The molecule has 0 atom stereocenters. The fraction of sp³-hybridized carbons (Fsp3) is 0.167. The van der Waals surface area contributed by atoms with Gasteiger partial charge in [0.15, 0.2) is 0 Å². The molecule has 0 aliphatic carbocycles. The summed E-state index contributed by atoms with van der Waals surface area (Å²) in [5, 5.41) is 12.5. The van der Waals surface area contributed by atoms with Gasteiger partial charge in [0, 0.05) is 10.9 Å². The third-order valence-corrected chi connectivity index (χ3v) is 2.95. The van der Waals surface area contributed by atoms with Gasteiger partial charge in [-0.3, -0.25) is 10.1 Å². The number of hydrogen-bond donors (Lipinski definition) is 1. The fourth-order valence-electron chi connectivity index (χ4n) is 1.32. The average Bonchev–Trinajstić information content (AvgIpc) is 2.84. The first-order valence-electron chi connectivity index (χ1n) is 5.26. The van der Waals surface area contributed by atoms with Crippen LogP contribution in [0.1, 0.15) is 13.8 Å². The Hall–Kier alpha value is -1.88. The van der Waals surface area contributed by atoms with Crippen LogP contribution in [0.5, 0.6) is 0 Å². The first-order chi connectivity index (χ1) is 8.18. The number of nitrogen functional groups attached to an aromatic ring is 1. The highest BCUT2D eigenvalue weighted by Crippen LogP contribution is 2.30. The second-order valence-electron chi connectivity index (χ2n) is 3.01. The van der Waals surface area contributed by atoms with Crippen LogP contribution in [0.25, 0.3) is 10.4 Å². The average molecular weight is 250 g/mol. The van der Waals surface area contributed by atoms with Crippen LogP contribution in [0.2, 0.25) is 0 Å². The minimum atomic E-state index is -0.479. The van der Waals surface area contributed by atoms with Crippen molar-refractivity contribution in [1.29, 1.82) is 0 Å². The second-order valence-corrected chi connectivity index (χ2v) is 3.96. The van der Waals surface area contributed by atoms with Crippen LogP contribution in [-0.2, 0) is 0 Å². The number of nitrogens with two attached hydrogens (primary N) is 1. The number of rotatable bonds is 2. The highest BCUT2D eigenvalue weighted by Gasteiger charge is 2.11. The summed E-state index contributed by atoms with van der Waals surface area (Å²) >= 11 is 1.57. The van der Waals surface area contributed by atoms with Crippen molar-refractivity contribution in [3.8, 4) is 10.4 Å². The summed E-state index contributed by atoms with van der Waals surface area (Å²) in [6, 6.07) is 8.65. The lowest BCUT2D eigenvalue weighted by molar-refractivity contribution is -0.383. The SMILES string of the molecule is CC.Nc1cc(-c2cccs2)ccc1[N+](=O)[O-]. The standard InChI is InChI=1S/C10H8N2O2S.C2H6/c11-8-6-7(10-2-1-5-15-10)3-4-9(8)12(13)14;1-2/h1-6H,11H2;1-2H3. The third kappa shape index (κ3) is 3.04. The summed E-state index contributed by atoms with van der Waals surface area (Å²) in [6.07, 6.45) is 0. The van der Waals surface area contributed by atoms with E-state index in [0.29, 0.717) is 0 Å². The van der Waals surface area contributed by atoms with Crippen molar-refractivity contribution in [2.45, 2.75) is 13.8 Å². The van der Waals surface area contributed by atoms with E-state index in [0.717, 1.165) is 10.4 Å². The number of hydrogen-bond acceptors (Lipinski definition) is 4. The van der Waals surface area contributed by atoms with Gasteiger partial charge < -0.3 is 5.73 Å². The number of nitrogens with zero attached hydrogens (tertiary/aromatic N) is 1. The third-order valence-electron chi connectivity index (χ3n) is 2.03. The largest absolute Gasteiger partial charge is 0.393 e. The molecule has 0 unspecified atom stereocenters.